The summed E-state index contributed by atoms with van der Waals surface area (Å²) in [5.41, 5.74) is 0.577. The van der Waals surface area contributed by atoms with Gasteiger partial charge in [-0.2, -0.15) is 0 Å². The van der Waals surface area contributed by atoms with E-state index in [1.165, 1.54) is 6.20 Å². The van der Waals surface area contributed by atoms with Crippen LogP contribution in [0.2, 0.25) is 0 Å². The molecule has 0 amide bonds. The maximum atomic E-state index is 8.11. The number of hydrogen-bond acceptors (Lipinski definition) is 1. The molecule has 0 aliphatic heterocycles. The van der Waals surface area contributed by atoms with Crippen LogP contribution in [0, 0.1) is 0 Å². The monoisotopic (exact) mass is 197 g/mol. The van der Waals surface area contributed by atoms with Gasteiger partial charge in [-0.1, -0.05) is 25.1 Å². The maximum absolute atomic E-state index is 8.11. The number of benzene rings is 1. The second kappa shape index (κ2) is 4.29. The third kappa shape index (κ3) is 1.80. The minimum atomic E-state index is -3.14. The van der Waals surface area contributed by atoms with Crippen LogP contribution in [0.4, 0.5) is 0 Å². The zero-order chi connectivity index (χ0) is 17.7. The van der Waals surface area contributed by atoms with Crippen molar-refractivity contribution in [2.24, 2.45) is 0 Å². The van der Waals surface area contributed by atoms with Gasteiger partial charge in [-0.25, -0.2) is 0 Å². The Kier molecular flexibility index (Phi) is 1.04. The Balaban J connectivity index is 2.45. The lowest BCUT2D eigenvalue weighted by atomic mass is 10.1. The molecule has 0 aliphatic rings. The van der Waals surface area contributed by atoms with Crippen LogP contribution in [0.15, 0.2) is 30.5 Å². The summed E-state index contributed by atoms with van der Waals surface area (Å²) in [6, 6.07) is 6.70. The Morgan fingerprint density at radius 3 is 3.36 bits per heavy atom. The molecule has 2 nitrogen and oxygen atoms in total. The molecule has 0 atom stereocenters. The normalized spacial score (nSPS) is 24.4. The molecule has 0 radical (unpaired) electrons. The zero-order valence-corrected chi connectivity index (χ0v) is 7.39. The fraction of sp³-hybridized carbons (Fsp3) is 0.333. The highest BCUT2D eigenvalue weighted by atomic mass is 14.8. The summed E-state index contributed by atoms with van der Waals surface area (Å²) in [6.07, 6.45) is -1.37. The van der Waals surface area contributed by atoms with Gasteiger partial charge in [0, 0.05) is 29.4 Å². The smallest absolute Gasteiger partial charge is 0.0456 e. The van der Waals surface area contributed by atoms with E-state index in [1.807, 2.05) is 0 Å². The van der Waals surface area contributed by atoms with E-state index in [-0.39, 0.29) is 5.56 Å². The van der Waals surface area contributed by atoms with Crippen LogP contribution in [0.1, 0.15) is 24.8 Å². The summed E-state index contributed by atoms with van der Waals surface area (Å²) < 4.78 is 68.3. The molecular formula is C12H16N2. The van der Waals surface area contributed by atoms with E-state index < -0.39 is 26.2 Å². The molecule has 2 heteroatoms. The highest BCUT2D eigenvalue weighted by Crippen LogP contribution is 2.17. The SMILES string of the molecule is [2H]C([2H])([2H])C([2H])([2H])NC([2H])([2H])C([2H])([2H])c1c[nH]c2ccccc12. The Labute approximate surface area is 97.0 Å². The molecule has 0 fully saturated rings. The molecule has 1 aromatic heterocycles. The van der Waals surface area contributed by atoms with Gasteiger partial charge in [-0.3, -0.25) is 0 Å². The predicted molar refractivity (Wildman–Crippen MR) is 60.5 cm³/mol. The molecule has 0 spiro atoms. The highest BCUT2D eigenvalue weighted by molar-refractivity contribution is 5.83. The van der Waals surface area contributed by atoms with Crippen molar-refractivity contribution in [1.82, 2.24) is 10.3 Å². The van der Waals surface area contributed by atoms with Crippen molar-refractivity contribution < 1.29 is 12.3 Å². The fourth-order valence-electron chi connectivity index (χ4n) is 1.30. The lowest BCUT2D eigenvalue weighted by Gasteiger charge is -1.99. The first kappa shape index (κ1) is 3.38. The van der Waals surface area contributed by atoms with Crippen LogP contribution in [-0.2, 0) is 6.37 Å². The Morgan fingerprint density at radius 1 is 1.50 bits per heavy atom. The van der Waals surface area contributed by atoms with Gasteiger partial charge in [0.25, 0.3) is 0 Å². The number of aromatic nitrogens is 1. The second-order valence-electron chi connectivity index (χ2n) is 2.75. The summed E-state index contributed by atoms with van der Waals surface area (Å²) in [5, 5.41) is 2.12. The average Bonchev–Trinajstić information content (AvgIpc) is 2.80. The summed E-state index contributed by atoms with van der Waals surface area (Å²) in [4.78, 5) is 2.82. The van der Waals surface area contributed by atoms with Gasteiger partial charge in [-0.15, -0.1) is 0 Å². The number of aromatic amines is 1. The lowest BCUT2D eigenvalue weighted by Crippen LogP contribution is -2.15. The minimum absolute atomic E-state index is 0.0214. The number of likely N-dealkylation sites (N-methyl/N-ethyl adjacent to an activating group) is 1. The molecule has 2 aromatic rings. The van der Waals surface area contributed by atoms with Gasteiger partial charge in [0.1, 0.15) is 0 Å². The molecular weight excluding hydrogens is 172 g/mol. The second-order valence-corrected chi connectivity index (χ2v) is 2.75. The third-order valence-electron chi connectivity index (χ3n) is 1.91. The molecule has 1 heterocycles. The molecule has 74 valence electrons. The Bertz CT molecular complexity index is 702. The average molecular weight is 197 g/mol. The van der Waals surface area contributed by atoms with E-state index in [9.17, 15) is 0 Å². The quantitative estimate of drug-likeness (QED) is 0.773. The van der Waals surface area contributed by atoms with Crippen LogP contribution < -0.4 is 5.32 Å². The maximum Gasteiger partial charge on any atom is 0.0456 e. The van der Waals surface area contributed by atoms with Crippen molar-refractivity contribution >= 4 is 10.9 Å². The van der Waals surface area contributed by atoms with Crippen LogP contribution >= 0.6 is 0 Å². The van der Waals surface area contributed by atoms with Crippen molar-refractivity contribution in [3.05, 3.63) is 36.0 Å². The molecule has 2 rings (SSSR count). The third-order valence-corrected chi connectivity index (χ3v) is 1.91. The van der Waals surface area contributed by atoms with Crippen molar-refractivity contribution in [2.75, 3.05) is 13.0 Å². The summed E-state index contributed by atoms with van der Waals surface area (Å²) >= 11 is 0. The van der Waals surface area contributed by atoms with E-state index in [1.54, 1.807) is 29.6 Å². The van der Waals surface area contributed by atoms with Crippen LogP contribution in [0.25, 0.3) is 10.9 Å². The van der Waals surface area contributed by atoms with Crippen molar-refractivity contribution in [3.63, 3.8) is 0 Å². The molecule has 0 bridgehead atoms. The number of fused-ring (bicyclic) bond motifs is 1. The van der Waals surface area contributed by atoms with Gasteiger partial charge in [0.2, 0.25) is 0 Å². The van der Waals surface area contributed by atoms with E-state index in [2.05, 4.69) is 4.98 Å². The molecule has 0 unspecified atom stereocenters. The Morgan fingerprint density at radius 2 is 2.43 bits per heavy atom. The molecule has 2 N–H and O–H groups in total. The van der Waals surface area contributed by atoms with E-state index in [4.69, 9.17) is 12.3 Å². The fourth-order valence-corrected chi connectivity index (χ4v) is 1.30. The van der Waals surface area contributed by atoms with E-state index in [0.717, 1.165) is 0 Å². The van der Waals surface area contributed by atoms with Gasteiger partial charge < -0.3 is 10.3 Å². The number of rotatable bonds is 4. The first-order valence-electron chi connectivity index (χ1n) is 8.65. The number of para-hydroxylation sites is 1. The van der Waals surface area contributed by atoms with Crippen LogP contribution in [0.5, 0.6) is 0 Å². The number of aryl methyl sites for hydroxylation is 1. The van der Waals surface area contributed by atoms with Gasteiger partial charge in [0.15, 0.2) is 0 Å². The minimum Gasteiger partial charge on any atom is -0.361 e. The lowest BCUT2D eigenvalue weighted by molar-refractivity contribution is 0.718. The Hall–Kier alpha value is -1.28. The summed E-state index contributed by atoms with van der Waals surface area (Å²) in [5.74, 6) is 0. The van der Waals surface area contributed by atoms with Gasteiger partial charge in [0.05, 0.1) is 0 Å². The molecule has 0 aliphatic carbocycles. The number of H-pyrrole nitrogens is 1. The topological polar surface area (TPSA) is 27.8 Å². The van der Waals surface area contributed by atoms with Gasteiger partial charge >= 0.3 is 0 Å². The number of hydrogen-bond donors (Lipinski definition) is 2. The van der Waals surface area contributed by atoms with Crippen molar-refractivity contribution in [3.8, 4) is 0 Å². The molecule has 0 saturated carbocycles. The predicted octanol–water partition coefficient (Wildman–Crippen LogP) is 2.32. The summed E-state index contributed by atoms with van der Waals surface area (Å²) in [7, 11) is 0. The summed E-state index contributed by atoms with van der Waals surface area (Å²) in [6.45, 7) is -9.19. The van der Waals surface area contributed by atoms with Crippen LogP contribution in [0.3, 0.4) is 0 Å². The van der Waals surface area contributed by atoms with E-state index >= 15 is 0 Å². The van der Waals surface area contributed by atoms with Crippen molar-refractivity contribution in [2.45, 2.75) is 13.2 Å². The van der Waals surface area contributed by atoms with E-state index in [0.29, 0.717) is 10.9 Å². The zero-order valence-electron chi connectivity index (χ0n) is 16.4. The van der Waals surface area contributed by atoms with Crippen molar-refractivity contribution in [1.29, 1.82) is 0 Å². The number of nitrogens with one attached hydrogen (secondary N) is 2. The first-order valence-corrected chi connectivity index (χ1v) is 4.15. The molecule has 1 aromatic carbocycles. The van der Waals surface area contributed by atoms with Crippen LogP contribution in [-0.4, -0.2) is 18.0 Å². The standard InChI is InChI=1S/C12H16N2/c1-2-13-8-7-10-9-14-12-6-4-3-5-11(10)12/h3-6,9,13-14H,2,7-8H2,1H3/i1D3,2D2,7D2,8D2. The largest absolute Gasteiger partial charge is 0.361 e. The highest BCUT2D eigenvalue weighted by Gasteiger charge is 2.00. The first-order chi connectivity index (χ1) is 10.3. The van der Waals surface area contributed by atoms with Gasteiger partial charge in [-0.05, 0) is 31.0 Å². The molecule has 14 heavy (non-hydrogen) atoms. The molecule has 0 saturated heterocycles.